The monoisotopic (exact) mass is 362 g/mol. The van der Waals surface area contributed by atoms with E-state index in [2.05, 4.69) is 15.2 Å². The van der Waals surface area contributed by atoms with Crippen LogP contribution in [0, 0.1) is 0 Å². The molecule has 1 unspecified atom stereocenters. The second kappa shape index (κ2) is 9.93. The molecule has 1 aromatic rings. The summed E-state index contributed by atoms with van der Waals surface area (Å²) in [4.78, 5) is 20.8. The van der Waals surface area contributed by atoms with Crippen molar-refractivity contribution in [2.75, 3.05) is 50.8 Å². The fourth-order valence-corrected chi connectivity index (χ4v) is 2.82. The first-order valence-electron chi connectivity index (χ1n) is 7.58. The lowest BCUT2D eigenvalue weighted by Crippen LogP contribution is -2.51. The molecule has 0 aromatic carbocycles. The highest BCUT2D eigenvalue weighted by atomic mass is 35.5. The van der Waals surface area contributed by atoms with Gasteiger partial charge in [0.25, 0.3) is 0 Å². The van der Waals surface area contributed by atoms with Gasteiger partial charge in [-0.15, -0.1) is 24.8 Å². The molecule has 3 heterocycles. The third-order valence-corrected chi connectivity index (χ3v) is 4.03. The standard InChI is InChI=1S/C15H22N4O2.2ClH/c20-15(11-13-12-21-10-5-16-13)19-8-6-18(7-9-19)14-3-1-2-4-17-14;;/h1-4,13,16H,5-12H2;2*1H. The Labute approximate surface area is 149 Å². The second-order valence-corrected chi connectivity index (χ2v) is 5.49. The summed E-state index contributed by atoms with van der Waals surface area (Å²) in [5, 5.41) is 3.33. The molecule has 1 amide bonds. The summed E-state index contributed by atoms with van der Waals surface area (Å²) in [7, 11) is 0. The van der Waals surface area contributed by atoms with Crippen LogP contribution in [-0.2, 0) is 9.53 Å². The van der Waals surface area contributed by atoms with Crippen LogP contribution in [0.25, 0.3) is 0 Å². The quantitative estimate of drug-likeness (QED) is 0.867. The van der Waals surface area contributed by atoms with Gasteiger partial charge in [0.05, 0.1) is 13.2 Å². The molecule has 1 N–H and O–H groups in total. The molecular weight excluding hydrogens is 339 g/mol. The summed E-state index contributed by atoms with van der Waals surface area (Å²) in [6.45, 7) is 5.44. The summed E-state index contributed by atoms with van der Waals surface area (Å²) in [6.07, 6.45) is 2.34. The molecule has 1 aromatic heterocycles. The maximum absolute atomic E-state index is 12.3. The van der Waals surface area contributed by atoms with Crippen LogP contribution in [0.15, 0.2) is 24.4 Å². The zero-order valence-electron chi connectivity index (χ0n) is 13.0. The van der Waals surface area contributed by atoms with Crippen molar-refractivity contribution in [2.45, 2.75) is 12.5 Å². The highest BCUT2D eigenvalue weighted by molar-refractivity contribution is 5.85. The summed E-state index contributed by atoms with van der Waals surface area (Å²) in [5.74, 6) is 1.21. The van der Waals surface area contributed by atoms with Crippen molar-refractivity contribution < 1.29 is 9.53 Å². The van der Waals surface area contributed by atoms with Gasteiger partial charge in [0, 0.05) is 51.4 Å². The SMILES string of the molecule is Cl.Cl.O=C(CC1COCCN1)N1CCN(c2ccccn2)CC1. The van der Waals surface area contributed by atoms with Crippen LogP contribution in [-0.4, -0.2) is 67.8 Å². The number of piperazine rings is 1. The van der Waals surface area contributed by atoms with Crippen LogP contribution in [0.4, 0.5) is 5.82 Å². The molecule has 0 aliphatic carbocycles. The maximum atomic E-state index is 12.3. The van der Waals surface area contributed by atoms with E-state index in [1.807, 2.05) is 29.3 Å². The topological polar surface area (TPSA) is 57.7 Å². The van der Waals surface area contributed by atoms with Gasteiger partial charge in [0.15, 0.2) is 0 Å². The molecule has 6 nitrogen and oxygen atoms in total. The van der Waals surface area contributed by atoms with E-state index in [0.717, 1.165) is 45.1 Å². The van der Waals surface area contributed by atoms with E-state index in [9.17, 15) is 4.79 Å². The largest absolute Gasteiger partial charge is 0.378 e. The number of pyridine rings is 1. The Balaban J connectivity index is 0.00000132. The number of anilines is 1. The molecule has 0 radical (unpaired) electrons. The molecule has 0 bridgehead atoms. The molecule has 130 valence electrons. The normalized spacial score (nSPS) is 21.1. The summed E-state index contributed by atoms with van der Waals surface area (Å²) < 4.78 is 5.40. The van der Waals surface area contributed by atoms with E-state index in [1.54, 1.807) is 0 Å². The predicted molar refractivity (Wildman–Crippen MR) is 94.8 cm³/mol. The smallest absolute Gasteiger partial charge is 0.224 e. The van der Waals surface area contributed by atoms with E-state index >= 15 is 0 Å². The highest BCUT2D eigenvalue weighted by Crippen LogP contribution is 2.13. The van der Waals surface area contributed by atoms with Gasteiger partial charge in [-0.25, -0.2) is 4.98 Å². The highest BCUT2D eigenvalue weighted by Gasteiger charge is 2.24. The van der Waals surface area contributed by atoms with Crippen LogP contribution in [0.5, 0.6) is 0 Å². The van der Waals surface area contributed by atoms with Crippen LogP contribution in [0.1, 0.15) is 6.42 Å². The first-order valence-corrected chi connectivity index (χ1v) is 7.58. The first-order chi connectivity index (χ1) is 10.3. The second-order valence-electron chi connectivity index (χ2n) is 5.49. The molecule has 3 rings (SSSR count). The summed E-state index contributed by atoms with van der Waals surface area (Å²) in [5.41, 5.74) is 0. The number of morpholine rings is 1. The number of amides is 1. The van der Waals surface area contributed by atoms with E-state index in [1.165, 1.54) is 0 Å². The molecule has 0 saturated carbocycles. The molecule has 2 aliphatic heterocycles. The minimum atomic E-state index is 0. The van der Waals surface area contributed by atoms with Gasteiger partial charge >= 0.3 is 0 Å². The van der Waals surface area contributed by atoms with Gasteiger partial charge in [-0.1, -0.05) is 6.07 Å². The van der Waals surface area contributed by atoms with Crippen molar-refractivity contribution in [3.05, 3.63) is 24.4 Å². The number of nitrogens with zero attached hydrogens (tertiary/aromatic N) is 3. The number of halogens is 2. The van der Waals surface area contributed by atoms with Crippen molar-refractivity contribution in [1.29, 1.82) is 0 Å². The number of aromatic nitrogens is 1. The third-order valence-electron chi connectivity index (χ3n) is 4.03. The van der Waals surface area contributed by atoms with E-state index in [0.29, 0.717) is 13.0 Å². The maximum Gasteiger partial charge on any atom is 0.224 e. The molecule has 2 aliphatic rings. The Morgan fingerprint density at radius 2 is 2.04 bits per heavy atom. The lowest BCUT2D eigenvalue weighted by molar-refractivity contribution is -0.132. The van der Waals surface area contributed by atoms with Gasteiger partial charge in [0.2, 0.25) is 5.91 Å². The Hall–Kier alpha value is -1.08. The van der Waals surface area contributed by atoms with Crippen LogP contribution >= 0.6 is 24.8 Å². The number of carbonyl (C=O) groups is 1. The number of nitrogens with one attached hydrogen (secondary N) is 1. The minimum absolute atomic E-state index is 0. The van der Waals surface area contributed by atoms with Crippen LogP contribution in [0.2, 0.25) is 0 Å². The van der Waals surface area contributed by atoms with Crippen LogP contribution < -0.4 is 10.2 Å². The predicted octanol–water partition coefficient (Wildman–Crippen LogP) is 0.952. The molecule has 1 atom stereocenters. The van der Waals surface area contributed by atoms with Gasteiger partial charge in [0.1, 0.15) is 5.82 Å². The summed E-state index contributed by atoms with van der Waals surface area (Å²) >= 11 is 0. The fraction of sp³-hybridized carbons (Fsp3) is 0.600. The number of hydrogen-bond donors (Lipinski definition) is 1. The lowest BCUT2D eigenvalue weighted by Gasteiger charge is -2.36. The Morgan fingerprint density at radius 1 is 1.26 bits per heavy atom. The van der Waals surface area contributed by atoms with Crippen molar-refractivity contribution in [3.8, 4) is 0 Å². The lowest BCUT2D eigenvalue weighted by atomic mass is 10.1. The van der Waals surface area contributed by atoms with E-state index < -0.39 is 0 Å². The minimum Gasteiger partial charge on any atom is -0.378 e. The molecule has 2 saturated heterocycles. The van der Waals surface area contributed by atoms with Crippen LogP contribution in [0.3, 0.4) is 0 Å². The Morgan fingerprint density at radius 3 is 2.65 bits per heavy atom. The molecule has 0 spiro atoms. The van der Waals surface area contributed by atoms with Gasteiger partial charge in [-0.05, 0) is 12.1 Å². The van der Waals surface area contributed by atoms with Crippen molar-refractivity contribution >= 4 is 36.5 Å². The number of rotatable bonds is 3. The molecule has 23 heavy (non-hydrogen) atoms. The molecule has 2 fully saturated rings. The van der Waals surface area contributed by atoms with Gasteiger partial charge in [-0.2, -0.15) is 0 Å². The van der Waals surface area contributed by atoms with E-state index in [4.69, 9.17) is 4.74 Å². The zero-order valence-corrected chi connectivity index (χ0v) is 14.7. The Kier molecular flexibility index (Phi) is 8.62. The Bertz CT molecular complexity index is 464. The molecular formula is C15H24Cl2N4O2. The van der Waals surface area contributed by atoms with Crippen molar-refractivity contribution in [1.82, 2.24) is 15.2 Å². The van der Waals surface area contributed by atoms with Gasteiger partial charge < -0.3 is 19.9 Å². The first kappa shape index (κ1) is 20.0. The number of ether oxygens (including phenoxy) is 1. The fourth-order valence-electron chi connectivity index (χ4n) is 2.82. The average Bonchev–Trinajstić information content (AvgIpc) is 2.57. The van der Waals surface area contributed by atoms with Crippen molar-refractivity contribution in [2.24, 2.45) is 0 Å². The molecule has 8 heteroatoms. The van der Waals surface area contributed by atoms with Gasteiger partial charge in [-0.3, -0.25) is 4.79 Å². The number of carbonyl (C=O) groups excluding carboxylic acids is 1. The number of hydrogen-bond acceptors (Lipinski definition) is 5. The summed E-state index contributed by atoms with van der Waals surface area (Å²) in [6, 6.07) is 6.10. The zero-order chi connectivity index (χ0) is 14.5. The average molecular weight is 363 g/mol. The van der Waals surface area contributed by atoms with E-state index in [-0.39, 0.29) is 36.8 Å². The third kappa shape index (κ3) is 5.49. The van der Waals surface area contributed by atoms with Crippen molar-refractivity contribution in [3.63, 3.8) is 0 Å².